The van der Waals surface area contributed by atoms with Gasteiger partial charge in [0, 0.05) is 17.0 Å². The molecule has 0 radical (unpaired) electrons. The van der Waals surface area contributed by atoms with Crippen molar-refractivity contribution in [3.05, 3.63) is 16.8 Å². The van der Waals surface area contributed by atoms with Crippen molar-refractivity contribution in [1.29, 1.82) is 0 Å². The van der Waals surface area contributed by atoms with Gasteiger partial charge < -0.3 is 10.2 Å². The minimum atomic E-state index is 0.0906. The molecule has 4 nitrogen and oxygen atoms in total. The van der Waals surface area contributed by atoms with Gasteiger partial charge in [0.2, 0.25) is 0 Å². The number of rotatable bonds is 4. The average Bonchev–Trinajstić information content (AvgIpc) is 2.84. The first-order chi connectivity index (χ1) is 9.99. The predicted octanol–water partition coefficient (Wildman–Crippen LogP) is 3.32. The Morgan fingerprint density at radius 2 is 2.00 bits per heavy atom. The molecule has 2 aromatic heterocycles. The number of hydrogen-bond donors (Lipinski definition) is 1. The number of thiophene rings is 1. The largest absolute Gasteiger partial charge is 0.368 e. The Bertz CT molecular complexity index is 645. The second-order valence-electron chi connectivity index (χ2n) is 6.67. The molecule has 2 aromatic rings. The van der Waals surface area contributed by atoms with Crippen molar-refractivity contribution in [3.63, 3.8) is 0 Å². The lowest BCUT2D eigenvalue weighted by molar-refractivity contribution is 0.210. The van der Waals surface area contributed by atoms with Crippen LogP contribution in [0.15, 0.2) is 6.33 Å². The molecule has 0 bridgehead atoms. The Labute approximate surface area is 130 Å². The smallest absolute Gasteiger partial charge is 0.138 e. The molecular formula is C16H24N4S. The first-order valence-electron chi connectivity index (χ1n) is 7.65. The van der Waals surface area contributed by atoms with Crippen LogP contribution in [-0.2, 0) is 12.8 Å². The SMILES string of the molecule is CN(C)C(C)(C)CNc1ncnc2sc3c(c12)CCCC3. The number of aryl methyl sites for hydroxylation is 2. The fourth-order valence-electron chi connectivity index (χ4n) is 2.68. The number of fused-ring (bicyclic) bond motifs is 3. The molecule has 0 atom stereocenters. The van der Waals surface area contributed by atoms with Crippen molar-refractivity contribution in [1.82, 2.24) is 14.9 Å². The third-order valence-electron chi connectivity index (χ3n) is 4.65. The summed E-state index contributed by atoms with van der Waals surface area (Å²) in [6, 6.07) is 0. The van der Waals surface area contributed by atoms with Crippen molar-refractivity contribution < 1.29 is 0 Å². The van der Waals surface area contributed by atoms with Gasteiger partial charge in [-0.1, -0.05) is 0 Å². The van der Waals surface area contributed by atoms with E-state index < -0.39 is 0 Å². The zero-order valence-electron chi connectivity index (χ0n) is 13.4. The lowest BCUT2D eigenvalue weighted by atomic mass is 9.97. The molecule has 5 heteroatoms. The summed E-state index contributed by atoms with van der Waals surface area (Å²) >= 11 is 1.85. The monoisotopic (exact) mass is 304 g/mol. The molecule has 0 saturated heterocycles. The van der Waals surface area contributed by atoms with Crippen LogP contribution in [-0.4, -0.2) is 41.0 Å². The number of aromatic nitrogens is 2. The maximum atomic E-state index is 4.52. The number of nitrogens with zero attached hydrogens (tertiary/aromatic N) is 3. The van der Waals surface area contributed by atoms with Gasteiger partial charge in [-0.25, -0.2) is 9.97 Å². The van der Waals surface area contributed by atoms with Crippen molar-refractivity contribution >= 4 is 27.4 Å². The summed E-state index contributed by atoms with van der Waals surface area (Å²) in [6.45, 7) is 5.35. The summed E-state index contributed by atoms with van der Waals surface area (Å²) in [4.78, 5) is 13.9. The lowest BCUT2D eigenvalue weighted by Gasteiger charge is -2.32. The molecule has 0 aliphatic heterocycles. The highest BCUT2D eigenvalue weighted by Crippen LogP contribution is 2.38. The van der Waals surface area contributed by atoms with E-state index in [0.717, 1.165) is 17.2 Å². The van der Waals surface area contributed by atoms with Crippen LogP contribution in [0.1, 0.15) is 37.1 Å². The van der Waals surface area contributed by atoms with E-state index in [1.165, 1.54) is 41.5 Å². The molecular weight excluding hydrogens is 280 g/mol. The first-order valence-corrected chi connectivity index (χ1v) is 8.47. The van der Waals surface area contributed by atoms with Gasteiger partial charge in [0.1, 0.15) is 17.0 Å². The second kappa shape index (κ2) is 5.54. The zero-order chi connectivity index (χ0) is 15.0. The van der Waals surface area contributed by atoms with Gasteiger partial charge in [-0.05, 0) is 59.2 Å². The molecule has 21 heavy (non-hydrogen) atoms. The molecule has 0 fully saturated rings. The third-order valence-corrected chi connectivity index (χ3v) is 5.85. The molecule has 1 aliphatic rings. The summed E-state index contributed by atoms with van der Waals surface area (Å²) in [5, 5.41) is 4.83. The third kappa shape index (κ3) is 2.77. The number of hydrogen-bond acceptors (Lipinski definition) is 5. The molecule has 1 aliphatic carbocycles. The number of likely N-dealkylation sites (N-methyl/N-ethyl adjacent to an activating group) is 1. The van der Waals surface area contributed by atoms with E-state index >= 15 is 0 Å². The molecule has 3 rings (SSSR count). The highest BCUT2D eigenvalue weighted by molar-refractivity contribution is 7.19. The molecule has 0 amide bonds. The quantitative estimate of drug-likeness (QED) is 0.941. The molecule has 0 aromatic carbocycles. The molecule has 0 saturated carbocycles. The van der Waals surface area contributed by atoms with Crippen molar-refractivity contribution in [2.24, 2.45) is 0 Å². The first kappa shape index (κ1) is 14.7. The minimum absolute atomic E-state index is 0.0906. The summed E-state index contributed by atoms with van der Waals surface area (Å²) < 4.78 is 0. The van der Waals surface area contributed by atoms with Crippen LogP contribution >= 0.6 is 11.3 Å². The van der Waals surface area contributed by atoms with Crippen LogP contribution in [0.3, 0.4) is 0 Å². The van der Waals surface area contributed by atoms with Crippen molar-refractivity contribution in [3.8, 4) is 0 Å². The summed E-state index contributed by atoms with van der Waals surface area (Å²) in [5.74, 6) is 1.01. The van der Waals surface area contributed by atoms with E-state index in [1.807, 2.05) is 11.3 Å². The summed E-state index contributed by atoms with van der Waals surface area (Å²) in [6.07, 6.45) is 6.67. The van der Waals surface area contributed by atoms with Crippen LogP contribution in [0.4, 0.5) is 5.82 Å². The number of anilines is 1. The Kier molecular flexibility index (Phi) is 3.88. The lowest BCUT2D eigenvalue weighted by Crippen LogP contribution is -2.44. The van der Waals surface area contributed by atoms with Crippen LogP contribution in [0, 0.1) is 0 Å². The van der Waals surface area contributed by atoms with Gasteiger partial charge >= 0.3 is 0 Å². The summed E-state index contributed by atoms with van der Waals surface area (Å²) in [7, 11) is 4.23. The topological polar surface area (TPSA) is 41.0 Å². The molecule has 1 N–H and O–H groups in total. The van der Waals surface area contributed by atoms with Gasteiger partial charge in [-0.3, -0.25) is 0 Å². The van der Waals surface area contributed by atoms with Gasteiger partial charge in [0.15, 0.2) is 0 Å². The molecule has 114 valence electrons. The second-order valence-corrected chi connectivity index (χ2v) is 7.76. The predicted molar refractivity (Wildman–Crippen MR) is 90.3 cm³/mol. The van der Waals surface area contributed by atoms with Crippen LogP contribution in [0.5, 0.6) is 0 Å². The van der Waals surface area contributed by atoms with Crippen LogP contribution < -0.4 is 5.32 Å². The van der Waals surface area contributed by atoms with Crippen molar-refractivity contribution in [2.75, 3.05) is 26.0 Å². The Morgan fingerprint density at radius 3 is 2.76 bits per heavy atom. The van der Waals surface area contributed by atoms with Crippen LogP contribution in [0.25, 0.3) is 10.2 Å². The standard InChI is InChI=1S/C16H24N4S/c1-16(2,20(3)4)9-17-14-13-11-7-5-6-8-12(11)21-15(13)19-10-18-14/h10H,5-9H2,1-4H3,(H,17,18,19). The normalized spacial score (nSPS) is 15.5. The van der Waals surface area contributed by atoms with E-state index in [4.69, 9.17) is 0 Å². The molecule has 2 heterocycles. The maximum Gasteiger partial charge on any atom is 0.138 e. The van der Waals surface area contributed by atoms with E-state index in [1.54, 1.807) is 6.33 Å². The fourth-order valence-corrected chi connectivity index (χ4v) is 3.91. The minimum Gasteiger partial charge on any atom is -0.368 e. The Morgan fingerprint density at radius 1 is 1.24 bits per heavy atom. The fraction of sp³-hybridized carbons (Fsp3) is 0.625. The maximum absolute atomic E-state index is 4.52. The van der Waals surface area contributed by atoms with Crippen molar-refractivity contribution in [2.45, 2.75) is 45.1 Å². The van der Waals surface area contributed by atoms with E-state index in [2.05, 4.69) is 48.1 Å². The Balaban J connectivity index is 1.94. The molecule has 0 spiro atoms. The zero-order valence-corrected chi connectivity index (χ0v) is 14.2. The van der Waals surface area contributed by atoms with Gasteiger partial charge in [-0.15, -0.1) is 11.3 Å². The van der Waals surface area contributed by atoms with Gasteiger partial charge in [0.25, 0.3) is 0 Å². The van der Waals surface area contributed by atoms with Gasteiger partial charge in [-0.2, -0.15) is 0 Å². The molecule has 0 unspecified atom stereocenters. The highest BCUT2D eigenvalue weighted by atomic mass is 32.1. The van der Waals surface area contributed by atoms with E-state index in [-0.39, 0.29) is 5.54 Å². The van der Waals surface area contributed by atoms with Gasteiger partial charge in [0.05, 0.1) is 5.39 Å². The van der Waals surface area contributed by atoms with Crippen LogP contribution in [0.2, 0.25) is 0 Å². The summed E-state index contributed by atoms with van der Waals surface area (Å²) in [5.41, 5.74) is 1.58. The highest BCUT2D eigenvalue weighted by Gasteiger charge is 2.23. The van der Waals surface area contributed by atoms with E-state index in [9.17, 15) is 0 Å². The number of nitrogens with one attached hydrogen (secondary N) is 1. The Hall–Kier alpha value is -1.20. The van der Waals surface area contributed by atoms with E-state index in [0.29, 0.717) is 0 Å². The average molecular weight is 304 g/mol.